The Labute approximate surface area is 133 Å². The van der Waals surface area contributed by atoms with Crippen LogP contribution in [0, 0.1) is 5.82 Å². The third-order valence-corrected chi connectivity index (χ3v) is 4.20. The van der Waals surface area contributed by atoms with Crippen molar-refractivity contribution < 1.29 is 8.81 Å². The van der Waals surface area contributed by atoms with E-state index in [0.29, 0.717) is 22.4 Å². The number of thioether (sulfide) groups is 1. The van der Waals surface area contributed by atoms with Gasteiger partial charge in [-0.25, -0.2) is 4.39 Å². The molecule has 0 aliphatic carbocycles. The molecule has 1 aromatic heterocycles. The van der Waals surface area contributed by atoms with Crippen LogP contribution >= 0.6 is 27.7 Å². The molecule has 0 radical (unpaired) electrons. The van der Waals surface area contributed by atoms with Crippen LogP contribution in [0.2, 0.25) is 0 Å². The molecule has 0 spiro atoms. The maximum Gasteiger partial charge on any atom is 0.277 e. The monoisotopic (exact) mass is 364 g/mol. The molecule has 2 aromatic carbocycles. The molecule has 3 aromatic rings. The maximum absolute atomic E-state index is 13.5. The molecule has 3 nitrogen and oxygen atoms in total. The molecule has 3 rings (SSSR count). The zero-order chi connectivity index (χ0) is 14.7. The second kappa shape index (κ2) is 6.41. The van der Waals surface area contributed by atoms with Gasteiger partial charge < -0.3 is 4.42 Å². The molecule has 0 saturated carbocycles. The van der Waals surface area contributed by atoms with E-state index in [9.17, 15) is 4.39 Å². The molecule has 0 unspecified atom stereocenters. The minimum atomic E-state index is -0.224. The molecule has 0 amide bonds. The Morgan fingerprint density at radius 3 is 2.57 bits per heavy atom. The Hall–Kier alpha value is -1.66. The summed E-state index contributed by atoms with van der Waals surface area (Å²) in [6.07, 6.45) is 0. The molecular formula is C15H10BrFN2OS. The van der Waals surface area contributed by atoms with Crippen LogP contribution in [0.15, 0.2) is 62.6 Å². The Kier molecular flexibility index (Phi) is 4.36. The van der Waals surface area contributed by atoms with Gasteiger partial charge in [-0.1, -0.05) is 45.9 Å². The SMILES string of the molecule is Fc1ccccc1CSc1nnc(-c2ccc(Br)cc2)o1. The molecule has 0 fully saturated rings. The van der Waals surface area contributed by atoms with Gasteiger partial charge in [0.25, 0.3) is 5.22 Å². The molecule has 106 valence electrons. The van der Waals surface area contributed by atoms with Crippen molar-refractivity contribution in [3.05, 3.63) is 64.4 Å². The summed E-state index contributed by atoms with van der Waals surface area (Å²) in [7, 11) is 0. The van der Waals surface area contributed by atoms with Crippen LogP contribution in [-0.2, 0) is 5.75 Å². The third kappa shape index (κ3) is 3.51. The van der Waals surface area contributed by atoms with Gasteiger partial charge in [-0.2, -0.15) is 0 Å². The number of hydrogen-bond donors (Lipinski definition) is 0. The van der Waals surface area contributed by atoms with E-state index in [-0.39, 0.29) is 5.82 Å². The van der Waals surface area contributed by atoms with Crippen molar-refractivity contribution in [1.29, 1.82) is 0 Å². The van der Waals surface area contributed by atoms with Crippen molar-refractivity contribution >= 4 is 27.7 Å². The fraction of sp³-hybridized carbons (Fsp3) is 0.0667. The highest BCUT2D eigenvalue weighted by Crippen LogP contribution is 2.27. The third-order valence-electron chi connectivity index (χ3n) is 2.81. The van der Waals surface area contributed by atoms with Gasteiger partial charge in [0.15, 0.2) is 0 Å². The zero-order valence-electron chi connectivity index (χ0n) is 10.8. The summed E-state index contributed by atoms with van der Waals surface area (Å²) in [5.74, 6) is 0.686. The van der Waals surface area contributed by atoms with Crippen LogP contribution in [0.25, 0.3) is 11.5 Å². The maximum atomic E-state index is 13.5. The summed E-state index contributed by atoms with van der Waals surface area (Å²) in [4.78, 5) is 0. The first kappa shape index (κ1) is 14.3. The highest BCUT2D eigenvalue weighted by atomic mass is 79.9. The van der Waals surface area contributed by atoms with E-state index in [4.69, 9.17) is 4.42 Å². The van der Waals surface area contributed by atoms with E-state index in [1.165, 1.54) is 17.8 Å². The Morgan fingerprint density at radius 2 is 1.81 bits per heavy atom. The molecule has 0 saturated heterocycles. The fourth-order valence-corrected chi connectivity index (χ4v) is 2.75. The van der Waals surface area contributed by atoms with Crippen molar-refractivity contribution in [3.63, 3.8) is 0 Å². The Bertz CT molecular complexity index is 745. The quantitative estimate of drug-likeness (QED) is 0.615. The number of hydrogen-bond acceptors (Lipinski definition) is 4. The van der Waals surface area contributed by atoms with Gasteiger partial charge >= 0.3 is 0 Å². The zero-order valence-corrected chi connectivity index (χ0v) is 13.2. The molecule has 0 bridgehead atoms. The smallest absolute Gasteiger partial charge is 0.277 e. The summed E-state index contributed by atoms with van der Waals surface area (Å²) in [6, 6.07) is 14.3. The Morgan fingerprint density at radius 1 is 1.05 bits per heavy atom. The first-order valence-electron chi connectivity index (χ1n) is 6.18. The first-order valence-corrected chi connectivity index (χ1v) is 7.96. The number of aromatic nitrogens is 2. The highest BCUT2D eigenvalue weighted by Gasteiger charge is 2.10. The first-order chi connectivity index (χ1) is 10.2. The van der Waals surface area contributed by atoms with E-state index in [1.807, 2.05) is 24.3 Å². The van der Waals surface area contributed by atoms with Gasteiger partial charge in [-0.05, 0) is 35.9 Å². The summed E-state index contributed by atoms with van der Waals surface area (Å²) >= 11 is 4.69. The lowest BCUT2D eigenvalue weighted by molar-refractivity contribution is 0.465. The molecular weight excluding hydrogens is 355 g/mol. The molecule has 6 heteroatoms. The van der Waals surface area contributed by atoms with Crippen molar-refractivity contribution in [3.8, 4) is 11.5 Å². The summed E-state index contributed by atoms with van der Waals surface area (Å²) < 4.78 is 20.1. The van der Waals surface area contributed by atoms with Gasteiger partial charge in [-0.3, -0.25) is 0 Å². The van der Waals surface area contributed by atoms with E-state index in [2.05, 4.69) is 26.1 Å². The van der Waals surface area contributed by atoms with E-state index < -0.39 is 0 Å². The largest absolute Gasteiger partial charge is 0.411 e. The second-order valence-electron chi connectivity index (χ2n) is 4.26. The summed E-state index contributed by atoms with van der Waals surface area (Å²) in [6.45, 7) is 0. The van der Waals surface area contributed by atoms with Crippen LogP contribution in [-0.4, -0.2) is 10.2 Å². The van der Waals surface area contributed by atoms with E-state index in [0.717, 1.165) is 10.0 Å². The van der Waals surface area contributed by atoms with Gasteiger partial charge in [0.05, 0.1) is 0 Å². The van der Waals surface area contributed by atoms with E-state index >= 15 is 0 Å². The highest BCUT2D eigenvalue weighted by molar-refractivity contribution is 9.10. The Balaban J connectivity index is 1.71. The number of halogens is 2. The lowest BCUT2D eigenvalue weighted by Gasteiger charge is -1.99. The lowest BCUT2D eigenvalue weighted by Crippen LogP contribution is -1.86. The van der Waals surface area contributed by atoms with Crippen molar-refractivity contribution in [1.82, 2.24) is 10.2 Å². The summed E-state index contributed by atoms with van der Waals surface area (Å²) in [5, 5.41) is 8.40. The van der Waals surface area contributed by atoms with Crippen molar-refractivity contribution in [2.75, 3.05) is 0 Å². The minimum Gasteiger partial charge on any atom is -0.411 e. The minimum absolute atomic E-state index is 0.224. The van der Waals surface area contributed by atoms with Crippen LogP contribution in [0.1, 0.15) is 5.56 Å². The number of rotatable bonds is 4. The van der Waals surface area contributed by atoms with Gasteiger partial charge in [0.1, 0.15) is 5.82 Å². The average molecular weight is 365 g/mol. The number of nitrogens with zero attached hydrogens (tertiary/aromatic N) is 2. The van der Waals surface area contributed by atoms with E-state index in [1.54, 1.807) is 18.2 Å². The standard InChI is InChI=1S/C15H10BrFN2OS/c16-12-7-5-10(6-8-12)14-18-19-15(20-14)21-9-11-3-1-2-4-13(11)17/h1-8H,9H2. The van der Waals surface area contributed by atoms with Crippen molar-refractivity contribution in [2.45, 2.75) is 11.0 Å². The van der Waals surface area contributed by atoms with Crippen molar-refractivity contribution in [2.24, 2.45) is 0 Å². The van der Waals surface area contributed by atoms with Crippen LogP contribution < -0.4 is 0 Å². The fourth-order valence-electron chi connectivity index (χ4n) is 1.73. The van der Waals surface area contributed by atoms with Crippen LogP contribution in [0.3, 0.4) is 0 Å². The van der Waals surface area contributed by atoms with Crippen LogP contribution in [0.5, 0.6) is 0 Å². The lowest BCUT2D eigenvalue weighted by atomic mass is 10.2. The molecule has 21 heavy (non-hydrogen) atoms. The summed E-state index contributed by atoms with van der Waals surface area (Å²) in [5.41, 5.74) is 1.47. The second-order valence-corrected chi connectivity index (χ2v) is 6.10. The van der Waals surface area contributed by atoms with Gasteiger partial charge in [-0.15, -0.1) is 10.2 Å². The van der Waals surface area contributed by atoms with Gasteiger partial charge in [0, 0.05) is 15.8 Å². The van der Waals surface area contributed by atoms with Gasteiger partial charge in [0.2, 0.25) is 5.89 Å². The molecule has 1 heterocycles. The normalized spacial score (nSPS) is 10.8. The number of benzene rings is 2. The predicted octanol–water partition coefficient (Wildman–Crippen LogP) is 4.93. The average Bonchev–Trinajstić information content (AvgIpc) is 2.96. The predicted molar refractivity (Wildman–Crippen MR) is 83.4 cm³/mol. The topological polar surface area (TPSA) is 38.9 Å². The molecule has 0 atom stereocenters. The molecule has 0 N–H and O–H groups in total. The molecule has 0 aliphatic rings. The molecule has 0 aliphatic heterocycles. The van der Waals surface area contributed by atoms with Crippen LogP contribution in [0.4, 0.5) is 4.39 Å².